The quantitative estimate of drug-likeness (QED) is 0.698. The van der Waals surface area contributed by atoms with Gasteiger partial charge in [-0.3, -0.25) is 4.79 Å². The van der Waals surface area contributed by atoms with E-state index in [2.05, 4.69) is 33.8 Å². The summed E-state index contributed by atoms with van der Waals surface area (Å²) in [4.78, 5) is 14.3. The molecular formula is C21H26N5O+. The molecule has 0 radical (unpaired) electrons. The molecule has 0 atom stereocenters. The number of rotatable bonds is 6. The van der Waals surface area contributed by atoms with Crippen LogP contribution >= 0.6 is 0 Å². The monoisotopic (exact) mass is 364 g/mol. The van der Waals surface area contributed by atoms with Crippen LogP contribution in [0.5, 0.6) is 0 Å². The van der Waals surface area contributed by atoms with Crippen molar-refractivity contribution in [1.82, 2.24) is 20.3 Å². The number of hydrogen-bond acceptors (Lipinski definition) is 3. The Bertz CT molecular complexity index is 943. The van der Waals surface area contributed by atoms with Crippen LogP contribution in [0, 0.1) is 0 Å². The lowest BCUT2D eigenvalue weighted by atomic mass is 10.1. The SMILES string of the molecule is CCn1nnc2cc(C(=O)NCc3ccccc3C[NH+]3CCCC3)ccc21. The number of hydrogen-bond donors (Lipinski definition) is 2. The molecule has 140 valence electrons. The number of quaternary nitrogens is 1. The first kappa shape index (κ1) is 17.7. The molecule has 6 heteroatoms. The van der Waals surface area contributed by atoms with E-state index in [0.717, 1.165) is 24.1 Å². The maximum atomic E-state index is 12.6. The average Bonchev–Trinajstić information content (AvgIpc) is 3.35. The van der Waals surface area contributed by atoms with Crippen LogP contribution in [0.25, 0.3) is 11.0 Å². The second-order valence-corrected chi connectivity index (χ2v) is 7.19. The van der Waals surface area contributed by atoms with Crippen molar-refractivity contribution in [3.05, 3.63) is 59.2 Å². The molecule has 0 saturated carbocycles. The molecule has 2 heterocycles. The van der Waals surface area contributed by atoms with Gasteiger partial charge in [0.05, 0.1) is 18.6 Å². The number of aromatic nitrogens is 3. The van der Waals surface area contributed by atoms with Crippen LogP contribution in [0.1, 0.15) is 41.3 Å². The summed E-state index contributed by atoms with van der Waals surface area (Å²) in [7, 11) is 0. The van der Waals surface area contributed by atoms with Crippen molar-refractivity contribution < 1.29 is 9.69 Å². The molecule has 4 rings (SSSR count). The molecule has 1 aliphatic heterocycles. The highest BCUT2D eigenvalue weighted by Crippen LogP contribution is 2.14. The molecule has 1 aliphatic rings. The average molecular weight is 364 g/mol. The summed E-state index contributed by atoms with van der Waals surface area (Å²) in [6, 6.07) is 14.0. The van der Waals surface area contributed by atoms with Crippen LogP contribution in [-0.4, -0.2) is 34.0 Å². The fraction of sp³-hybridized carbons (Fsp3) is 0.381. The summed E-state index contributed by atoms with van der Waals surface area (Å²) < 4.78 is 1.83. The number of amides is 1. The van der Waals surface area contributed by atoms with Gasteiger partial charge in [0.1, 0.15) is 12.1 Å². The van der Waals surface area contributed by atoms with Gasteiger partial charge in [0, 0.05) is 37.1 Å². The molecule has 0 aliphatic carbocycles. The summed E-state index contributed by atoms with van der Waals surface area (Å²) in [5.74, 6) is -0.0775. The van der Waals surface area contributed by atoms with Crippen LogP contribution in [-0.2, 0) is 19.6 Å². The summed E-state index contributed by atoms with van der Waals surface area (Å²) in [5, 5.41) is 11.3. The van der Waals surface area contributed by atoms with E-state index in [-0.39, 0.29) is 5.91 Å². The number of nitrogens with zero attached hydrogens (tertiary/aromatic N) is 3. The Balaban J connectivity index is 1.44. The number of likely N-dealkylation sites (tertiary alicyclic amines) is 1. The number of carbonyl (C=O) groups excluding carboxylic acids is 1. The Morgan fingerprint density at radius 1 is 1.15 bits per heavy atom. The van der Waals surface area contributed by atoms with Crippen molar-refractivity contribution in [3.63, 3.8) is 0 Å². The number of nitrogens with one attached hydrogen (secondary N) is 2. The first-order valence-corrected chi connectivity index (χ1v) is 9.76. The predicted octanol–water partition coefficient (Wildman–Crippen LogP) is 1.56. The Morgan fingerprint density at radius 3 is 2.70 bits per heavy atom. The smallest absolute Gasteiger partial charge is 0.251 e. The highest BCUT2D eigenvalue weighted by molar-refractivity contribution is 5.97. The third-order valence-electron chi connectivity index (χ3n) is 5.38. The van der Waals surface area contributed by atoms with Gasteiger partial charge in [0.2, 0.25) is 0 Å². The van der Waals surface area contributed by atoms with Crippen molar-refractivity contribution in [1.29, 1.82) is 0 Å². The fourth-order valence-electron chi connectivity index (χ4n) is 3.85. The van der Waals surface area contributed by atoms with Crippen molar-refractivity contribution in [2.24, 2.45) is 0 Å². The molecular weight excluding hydrogens is 338 g/mol. The van der Waals surface area contributed by atoms with Gasteiger partial charge in [-0.1, -0.05) is 29.5 Å². The number of benzene rings is 2. The third kappa shape index (κ3) is 3.85. The van der Waals surface area contributed by atoms with E-state index in [0.29, 0.717) is 12.1 Å². The highest BCUT2D eigenvalue weighted by atomic mass is 16.1. The van der Waals surface area contributed by atoms with Crippen LogP contribution in [0.3, 0.4) is 0 Å². The molecule has 3 aromatic rings. The number of aryl methyl sites for hydroxylation is 1. The Labute approximate surface area is 159 Å². The third-order valence-corrected chi connectivity index (χ3v) is 5.38. The molecule has 2 N–H and O–H groups in total. The maximum Gasteiger partial charge on any atom is 0.251 e. The van der Waals surface area contributed by atoms with Crippen LogP contribution in [0.4, 0.5) is 0 Å². The lowest BCUT2D eigenvalue weighted by molar-refractivity contribution is -0.901. The molecule has 0 unspecified atom stereocenters. The van der Waals surface area contributed by atoms with Crippen LogP contribution in [0.15, 0.2) is 42.5 Å². The summed E-state index contributed by atoms with van der Waals surface area (Å²) in [6.45, 7) is 6.87. The van der Waals surface area contributed by atoms with E-state index >= 15 is 0 Å². The first-order valence-electron chi connectivity index (χ1n) is 9.76. The van der Waals surface area contributed by atoms with E-state index in [1.807, 2.05) is 35.9 Å². The normalized spacial score (nSPS) is 14.7. The van der Waals surface area contributed by atoms with Crippen LogP contribution in [0.2, 0.25) is 0 Å². The van der Waals surface area contributed by atoms with Crippen molar-refractivity contribution in [3.8, 4) is 0 Å². The van der Waals surface area contributed by atoms with Crippen molar-refractivity contribution in [2.75, 3.05) is 13.1 Å². The number of carbonyl (C=O) groups is 1. The molecule has 2 aromatic carbocycles. The van der Waals surface area contributed by atoms with Gasteiger partial charge in [-0.2, -0.15) is 0 Å². The van der Waals surface area contributed by atoms with Crippen LogP contribution < -0.4 is 10.2 Å². The molecule has 1 fully saturated rings. The van der Waals surface area contributed by atoms with Gasteiger partial charge in [-0.05, 0) is 30.7 Å². The number of fused-ring (bicyclic) bond motifs is 1. The standard InChI is InChI=1S/C21H25N5O/c1-2-26-20-10-9-16(13-19(20)23-24-26)21(27)22-14-17-7-3-4-8-18(17)15-25-11-5-6-12-25/h3-4,7-10,13H,2,5-6,11-12,14-15H2,1H3,(H,22,27)/p+1. The molecule has 0 spiro atoms. The van der Waals surface area contributed by atoms with Gasteiger partial charge < -0.3 is 10.2 Å². The maximum absolute atomic E-state index is 12.6. The molecule has 27 heavy (non-hydrogen) atoms. The molecule has 1 aromatic heterocycles. The summed E-state index contributed by atoms with van der Waals surface area (Å²) in [6.07, 6.45) is 2.64. The lowest BCUT2D eigenvalue weighted by Crippen LogP contribution is -3.08. The Kier molecular flexibility index (Phi) is 5.16. The van der Waals surface area contributed by atoms with Gasteiger partial charge >= 0.3 is 0 Å². The minimum Gasteiger partial charge on any atom is -0.348 e. The van der Waals surface area contributed by atoms with Gasteiger partial charge in [0.25, 0.3) is 5.91 Å². The summed E-state index contributed by atoms with van der Waals surface area (Å²) >= 11 is 0. The topological polar surface area (TPSA) is 64.2 Å². The fourth-order valence-corrected chi connectivity index (χ4v) is 3.85. The predicted molar refractivity (Wildman–Crippen MR) is 104 cm³/mol. The van der Waals surface area contributed by atoms with E-state index < -0.39 is 0 Å². The Morgan fingerprint density at radius 2 is 1.93 bits per heavy atom. The molecule has 1 amide bonds. The first-order chi connectivity index (χ1) is 13.2. The van der Waals surface area contributed by atoms with Crippen molar-refractivity contribution >= 4 is 16.9 Å². The highest BCUT2D eigenvalue weighted by Gasteiger charge is 2.17. The second kappa shape index (κ2) is 7.88. The van der Waals surface area contributed by atoms with E-state index in [9.17, 15) is 4.79 Å². The van der Waals surface area contributed by atoms with E-state index in [4.69, 9.17) is 0 Å². The molecule has 1 saturated heterocycles. The summed E-state index contributed by atoms with van der Waals surface area (Å²) in [5.41, 5.74) is 4.85. The molecule has 6 nitrogen and oxygen atoms in total. The second-order valence-electron chi connectivity index (χ2n) is 7.19. The van der Waals surface area contributed by atoms with E-state index in [1.54, 1.807) is 4.90 Å². The van der Waals surface area contributed by atoms with Gasteiger partial charge in [-0.25, -0.2) is 4.68 Å². The lowest BCUT2D eigenvalue weighted by Gasteiger charge is -2.15. The van der Waals surface area contributed by atoms with Gasteiger partial charge in [0.15, 0.2) is 0 Å². The van der Waals surface area contributed by atoms with E-state index in [1.165, 1.54) is 37.1 Å². The minimum absolute atomic E-state index is 0.0775. The zero-order valence-corrected chi connectivity index (χ0v) is 15.7. The van der Waals surface area contributed by atoms with Crippen molar-refractivity contribution in [2.45, 2.75) is 39.4 Å². The minimum atomic E-state index is -0.0775. The largest absolute Gasteiger partial charge is 0.348 e. The zero-order valence-electron chi connectivity index (χ0n) is 15.7. The zero-order chi connectivity index (χ0) is 18.6. The van der Waals surface area contributed by atoms with Gasteiger partial charge in [-0.15, -0.1) is 5.10 Å². The Hall–Kier alpha value is -2.73. The molecule has 0 bridgehead atoms.